The Morgan fingerprint density at radius 2 is 1.84 bits per heavy atom. The molecular weight excluding hydrogens is 316 g/mol. The van der Waals surface area contributed by atoms with Gasteiger partial charge < -0.3 is 14.8 Å². The summed E-state index contributed by atoms with van der Waals surface area (Å²) in [5.41, 5.74) is 3.70. The van der Waals surface area contributed by atoms with Gasteiger partial charge in [-0.3, -0.25) is 9.69 Å². The Kier molecular flexibility index (Phi) is 5.56. The number of carbonyl (C=O) groups excluding carboxylic acids is 1. The first-order chi connectivity index (χ1) is 12.2. The van der Waals surface area contributed by atoms with Crippen LogP contribution < -0.4 is 14.8 Å². The molecule has 1 amide bonds. The highest BCUT2D eigenvalue weighted by Gasteiger charge is 2.17. The maximum atomic E-state index is 12.3. The van der Waals surface area contributed by atoms with Crippen LogP contribution in [0.4, 0.5) is 0 Å². The summed E-state index contributed by atoms with van der Waals surface area (Å²) in [6.45, 7) is 2.64. The van der Waals surface area contributed by atoms with Crippen LogP contribution in [0.5, 0.6) is 11.5 Å². The summed E-state index contributed by atoms with van der Waals surface area (Å²) < 4.78 is 10.5. The molecule has 0 unspecified atom stereocenters. The van der Waals surface area contributed by atoms with Crippen LogP contribution in [-0.4, -0.2) is 38.1 Å². The molecule has 2 aromatic rings. The van der Waals surface area contributed by atoms with Gasteiger partial charge in [0.25, 0.3) is 0 Å². The van der Waals surface area contributed by atoms with E-state index >= 15 is 0 Å². The van der Waals surface area contributed by atoms with E-state index in [0.29, 0.717) is 24.6 Å². The quantitative estimate of drug-likeness (QED) is 0.877. The Balaban J connectivity index is 1.52. The Bertz CT molecular complexity index is 745. The van der Waals surface area contributed by atoms with Crippen LogP contribution in [0.3, 0.4) is 0 Å². The van der Waals surface area contributed by atoms with E-state index in [1.165, 1.54) is 11.1 Å². The van der Waals surface area contributed by atoms with Gasteiger partial charge in [0.1, 0.15) is 0 Å². The number of hydrogen-bond donors (Lipinski definition) is 1. The van der Waals surface area contributed by atoms with Crippen LogP contribution in [-0.2, 0) is 24.3 Å². The predicted octanol–water partition coefficient (Wildman–Crippen LogP) is 2.38. The zero-order chi connectivity index (χ0) is 17.6. The molecule has 1 aliphatic heterocycles. The first-order valence-corrected chi connectivity index (χ1v) is 8.46. The molecule has 5 nitrogen and oxygen atoms in total. The van der Waals surface area contributed by atoms with E-state index in [-0.39, 0.29) is 5.91 Å². The third-order valence-corrected chi connectivity index (χ3v) is 4.51. The molecule has 0 aliphatic carbocycles. The van der Waals surface area contributed by atoms with E-state index in [9.17, 15) is 4.79 Å². The molecule has 0 fully saturated rings. The van der Waals surface area contributed by atoms with Crippen molar-refractivity contribution in [3.8, 4) is 11.5 Å². The number of amides is 1. The van der Waals surface area contributed by atoms with E-state index < -0.39 is 0 Å². The number of nitrogens with zero attached hydrogens (tertiary/aromatic N) is 1. The van der Waals surface area contributed by atoms with Crippen LogP contribution in [0.25, 0.3) is 0 Å². The molecule has 1 heterocycles. The van der Waals surface area contributed by atoms with E-state index in [1.54, 1.807) is 14.2 Å². The second-order valence-electron chi connectivity index (χ2n) is 6.20. The Labute approximate surface area is 148 Å². The minimum absolute atomic E-state index is 0.0363. The second-order valence-corrected chi connectivity index (χ2v) is 6.20. The van der Waals surface area contributed by atoms with Crippen molar-refractivity contribution in [3.63, 3.8) is 0 Å². The van der Waals surface area contributed by atoms with Gasteiger partial charge in [0.05, 0.1) is 20.8 Å². The smallest absolute Gasteiger partial charge is 0.234 e. The van der Waals surface area contributed by atoms with Crippen LogP contribution >= 0.6 is 0 Å². The summed E-state index contributed by atoms with van der Waals surface area (Å²) in [6.07, 6.45) is 0.999. The van der Waals surface area contributed by atoms with E-state index in [2.05, 4.69) is 34.5 Å². The fraction of sp³-hybridized carbons (Fsp3) is 0.350. The van der Waals surface area contributed by atoms with Gasteiger partial charge in [-0.1, -0.05) is 30.3 Å². The third-order valence-electron chi connectivity index (χ3n) is 4.51. The molecule has 0 spiro atoms. The molecule has 1 aliphatic rings. The summed E-state index contributed by atoms with van der Waals surface area (Å²) >= 11 is 0. The van der Waals surface area contributed by atoms with E-state index in [1.807, 2.05) is 18.2 Å². The third kappa shape index (κ3) is 4.31. The highest BCUT2D eigenvalue weighted by Crippen LogP contribution is 2.27. The number of hydrogen-bond acceptors (Lipinski definition) is 4. The van der Waals surface area contributed by atoms with Gasteiger partial charge in [-0.25, -0.2) is 0 Å². The topological polar surface area (TPSA) is 50.8 Å². The van der Waals surface area contributed by atoms with Crippen LogP contribution in [0.1, 0.15) is 16.7 Å². The highest BCUT2D eigenvalue weighted by atomic mass is 16.5. The van der Waals surface area contributed by atoms with Gasteiger partial charge in [0.15, 0.2) is 11.5 Å². The van der Waals surface area contributed by atoms with Gasteiger partial charge in [0, 0.05) is 19.6 Å². The number of carbonyl (C=O) groups is 1. The number of fused-ring (bicyclic) bond motifs is 1. The zero-order valence-electron chi connectivity index (χ0n) is 14.7. The van der Waals surface area contributed by atoms with Gasteiger partial charge in [-0.05, 0) is 35.2 Å². The molecule has 1 N–H and O–H groups in total. The monoisotopic (exact) mass is 340 g/mol. The average Bonchev–Trinajstić information content (AvgIpc) is 2.66. The van der Waals surface area contributed by atoms with E-state index in [0.717, 1.165) is 25.1 Å². The zero-order valence-corrected chi connectivity index (χ0v) is 14.7. The van der Waals surface area contributed by atoms with Crippen molar-refractivity contribution in [2.75, 3.05) is 27.3 Å². The molecule has 0 bridgehead atoms. The van der Waals surface area contributed by atoms with Crippen molar-refractivity contribution in [2.24, 2.45) is 0 Å². The molecule has 2 aromatic carbocycles. The highest BCUT2D eigenvalue weighted by molar-refractivity contribution is 5.78. The molecule has 0 aromatic heterocycles. The minimum atomic E-state index is 0.0363. The molecule has 0 atom stereocenters. The molecule has 0 radical (unpaired) electrons. The lowest BCUT2D eigenvalue weighted by molar-refractivity contribution is -0.122. The standard InChI is InChI=1S/C20H24N2O3/c1-24-18-8-7-15(11-19(18)25-2)12-21-20(23)14-22-10-9-16-5-3-4-6-17(16)13-22/h3-8,11H,9-10,12-14H2,1-2H3,(H,21,23). The lowest BCUT2D eigenvalue weighted by atomic mass is 10.00. The molecular formula is C20H24N2O3. The molecule has 5 heteroatoms. The van der Waals surface area contributed by atoms with Gasteiger partial charge in [-0.2, -0.15) is 0 Å². The normalized spacial score (nSPS) is 13.8. The Morgan fingerprint density at radius 1 is 1.08 bits per heavy atom. The summed E-state index contributed by atoms with van der Waals surface area (Å²) in [7, 11) is 3.21. The first-order valence-electron chi connectivity index (χ1n) is 8.46. The van der Waals surface area contributed by atoms with Crippen molar-refractivity contribution >= 4 is 5.91 Å². The van der Waals surface area contributed by atoms with Crippen molar-refractivity contribution in [2.45, 2.75) is 19.5 Å². The Hall–Kier alpha value is -2.53. The van der Waals surface area contributed by atoms with Crippen molar-refractivity contribution in [3.05, 3.63) is 59.2 Å². The number of rotatable bonds is 6. The summed E-state index contributed by atoms with van der Waals surface area (Å²) in [4.78, 5) is 14.5. The Morgan fingerprint density at radius 3 is 2.60 bits per heavy atom. The van der Waals surface area contributed by atoms with Crippen LogP contribution in [0, 0.1) is 0 Å². The summed E-state index contributed by atoms with van der Waals surface area (Å²) in [5.74, 6) is 1.39. The molecule has 132 valence electrons. The lowest BCUT2D eigenvalue weighted by Gasteiger charge is -2.28. The maximum absolute atomic E-state index is 12.3. The van der Waals surface area contributed by atoms with E-state index in [4.69, 9.17) is 9.47 Å². The summed E-state index contributed by atoms with van der Waals surface area (Å²) in [5, 5.41) is 2.98. The molecule has 3 rings (SSSR count). The lowest BCUT2D eigenvalue weighted by Crippen LogP contribution is -2.39. The summed E-state index contributed by atoms with van der Waals surface area (Å²) in [6, 6.07) is 14.1. The number of methoxy groups -OCH3 is 2. The SMILES string of the molecule is COc1ccc(CNC(=O)CN2CCc3ccccc3C2)cc1OC. The second kappa shape index (κ2) is 8.03. The number of benzene rings is 2. The van der Waals surface area contributed by atoms with Crippen molar-refractivity contribution < 1.29 is 14.3 Å². The fourth-order valence-electron chi connectivity index (χ4n) is 3.14. The molecule has 0 saturated heterocycles. The minimum Gasteiger partial charge on any atom is -0.493 e. The largest absolute Gasteiger partial charge is 0.493 e. The molecule has 0 saturated carbocycles. The predicted molar refractivity (Wildman–Crippen MR) is 96.8 cm³/mol. The van der Waals surface area contributed by atoms with Gasteiger partial charge >= 0.3 is 0 Å². The van der Waals surface area contributed by atoms with Crippen LogP contribution in [0.15, 0.2) is 42.5 Å². The maximum Gasteiger partial charge on any atom is 0.234 e. The first kappa shape index (κ1) is 17.3. The number of nitrogens with one attached hydrogen (secondary N) is 1. The van der Waals surface area contributed by atoms with Crippen LogP contribution in [0.2, 0.25) is 0 Å². The van der Waals surface area contributed by atoms with Crippen molar-refractivity contribution in [1.29, 1.82) is 0 Å². The number of ether oxygens (including phenoxy) is 2. The average molecular weight is 340 g/mol. The molecule has 25 heavy (non-hydrogen) atoms. The van der Waals surface area contributed by atoms with Crippen molar-refractivity contribution in [1.82, 2.24) is 10.2 Å². The fourth-order valence-corrected chi connectivity index (χ4v) is 3.14. The van der Waals surface area contributed by atoms with Gasteiger partial charge in [0.2, 0.25) is 5.91 Å². The van der Waals surface area contributed by atoms with Gasteiger partial charge in [-0.15, -0.1) is 0 Å².